The zero-order chi connectivity index (χ0) is 20.1. The lowest BCUT2D eigenvalue weighted by molar-refractivity contribution is 0.295. The van der Waals surface area contributed by atoms with Gasteiger partial charge in [-0.15, -0.1) is 0 Å². The number of aromatic amines is 1. The van der Waals surface area contributed by atoms with E-state index in [1.807, 2.05) is 36.7 Å². The summed E-state index contributed by atoms with van der Waals surface area (Å²) in [5.41, 5.74) is 7.18. The summed E-state index contributed by atoms with van der Waals surface area (Å²) in [6.07, 6.45) is 3.80. The molecule has 5 heteroatoms. The molecule has 3 aromatic carbocycles. The van der Waals surface area contributed by atoms with E-state index in [0.717, 1.165) is 46.3 Å². The average molecular weight is 391 g/mol. The molecule has 1 aliphatic rings. The number of hydrogen-bond acceptors (Lipinski definition) is 4. The summed E-state index contributed by atoms with van der Waals surface area (Å²) >= 11 is 0. The number of hydrogen-bond donors (Lipinski definition) is 1. The number of rotatable bonds is 2. The van der Waals surface area contributed by atoms with Crippen molar-refractivity contribution in [3.8, 4) is 11.4 Å². The van der Waals surface area contributed by atoms with Crippen molar-refractivity contribution < 1.29 is 0 Å². The van der Waals surface area contributed by atoms with Gasteiger partial charge >= 0.3 is 0 Å². The van der Waals surface area contributed by atoms with E-state index in [1.165, 1.54) is 16.7 Å². The molecule has 1 atom stereocenters. The largest absolute Gasteiger partial charge is 0.301 e. The maximum Gasteiger partial charge on any atom is 0.159 e. The Balaban J connectivity index is 1.43. The highest BCUT2D eigenvalue weighted by Crippen LogP contribution is 2.36. The van der Waals surface area contributed by atoms with Gasteiger partial charge in [-0.1, -0.05) is 36.4 Å². The Bertz CT molecular complexity index is 1390. The third-order valence-electron chi connectivity index (χ3n) is 6.07. The summed E-state index contributed by atoms with van der Waals surface area (Å²) in [6.45, 7) is 1.93. The molecule has 0 aliphatic carbocycles. The molecule has 3 heterocycles. The van der Waals surface area contributed by atoms with Gasteiger partial charge in [-0.2, -0.15) is 5.10 Å². The van der Waals surface area contributed by atoms with E-state index in [9.17, 15) is 0 Å². The molecular formula is C25H21N5. The molecule has 6 rings (SSSR count). The van der Waals surface area contributed by atoms with Crippen LogP contribution in [0.15, 0.2) is 73.1 Å². The Hall–Kier alpha value is -3.57. The molecule has 1 aliphatic heterocycles. The van der Waals surface area contributed by atoms with Crippen molar-refractivity contribution in [3.63, 3.8) is 0 Å². The van der Waals surface area contributed by atoms with E-state index in [4.69, 9.17) is 4.98 Å². The summed E-state index contributed by atoms with van der Waals surface area (Å²) in [4.78, 5) is 11.8. The van der Waals surface area contributed by atoms with Crippen LogP contribution in [0.2, 0.25) is 0 Å². The van der Waals surface area contributed by atoms with Gasteiger partial charge in [-0.25, -0.2) is 9.97 Å². The van der Waals surface area contributed by atoms with E-state index in [0.29, 0.717) is 5.92 Å². The van der Waals surface area contributed by atoms with Crippen molar-refractivity contribution in [1.82, 2.24) is 25.1 Å². The molecule has 0 saturated heterocycles. The highest BCUT2D eigenvalue weighted by Gasteiger charge is 2.25. The van der Waals surface area contributed by atoms with Crippen LogP contribution in [0, 0.1) is 0 Å². The third-order valence-corrected chi connectivity index (χ3v) is 6.07. The fourth-order valence-corrected chi connectivity index (χ4v) is 4.56. The van der Waals surface area contributed by atoms with Crippen LogP contribution < -0.4 is 0 Å². The SMILES string of the molecule is CN1Cc2cc(-c3ncc4ccccc4n3)ccc2C(c2ccc3[nH]ncc3c2)C1. The van der Waals surface area contributed by atoms with Gasteiger partial charge in [-0.3, -0.25) is 5.10 Å². The lowest BCUT2D eigenvalue weighted by Gasteiger charge is -2.33. The first-order valence-electron chi connectivity index (χ1n) is 10.2. The Morgan fingerprint density at radius 3 is 2.87 bits per heavy atom. The summed E-state index contributed by atoms with van der Waals surface area (Å²) in [5, 5.41) is 9.43. The van der Waals surface area contributed by atoms with Gasteiger partial charge in [0.2, 0.25) is 0 Å². The topological polar surface area (TPSA) is 57.7 Å². The van der Waals surface area contributed by atoms with E-state index in [-0.39, 0.29) is 0 Å². The lowest BCUT2D eigenvalue weighted by Crippen LogP contribution is -2.31. The van der Waals surface area contributed by atoms with E-state index >= 15 is 0 Å². The summed E-state index contributed by atoms with van der Waals surface area (Å²) in [7, 11) is 2.19. The van der Waals surface area contributed by atoms with Gasteiger partial charge in [-0.05, 0) is 48.0 Å². The second-order valence-corrected chi connectivity index (χ2v) is 8.13. The van der Waals surface area contributed by atoms with E-state index in [1.54, 1.807) is 0 Å². The van der Waals surface area contributed by atoms with E-state index < -0.39 is 0 Å². The first kappa shape index (κ1) is 17.3. The van der Waals surface area contributed by atoms with Crippen molar-refractivity contribution >= 4 is 21.8 Å². The van der Waals surface area contributed by atoms with Gasteiger partial charge in [0.25, 0.3) is 0 Å². The zero-order valence-electron chi connectivity index (χ0n) is 16.7. The van der Waals surface area contributed by atoms with Crippen LogP contribution in [-0.2, 0) is 6.54 Å². The van der Waals surface area contributed by atoms with Crippen LogP contribution in [-0.4, -0.2) is 38.7 Å². The first-order valence-corrected chi connectivity index (χ1v) is 10.2. The first-order chi connectivity index (χ1) is 14.7. The molecule has 2 aromatic heterocycles. The standard InChI is InChI=1S/C25H21N5/c1-30-14-20-11-17(25-26-12-18-4-2-3-5-23(18)28-25)6-8-21(20)22(15-30)16-7-9-24-19(10-16)13-27-29-24/h2-13,22H,14-15H2,1H3,(H,27,29). The Morgan fingerprint density at radius 1 is 0.967 bits per heavy atom. The smallest absolute Gasteiger partial charge is 0.159 e. The number of H-pyrrole nitrogens is 1. The number of fused-ring (bicyclic) bond motifs is 3. The van der Waals surface area contributed by atoms with Crippen molar-refractivity contribution in [2.45, 2.75) is 12.5 Å². The van der Waals surface area contributed by atoms with Gasteiger partial charge < -0.3 is 4.90 Å². The summed E-state index contributed by atoms with van der Waals surface area (Å²) in [6, 6.07) is 21.4. The van der Waals surface area contributed by atoms with Crippen molar-refractivity contribution in [2.75, 3.05) is 13.6 Å². The highest BCUT2D eigenvalue weighted by atomic mass is 15.1. The monoisotopic (exact) mass is 391 g/mol. The predicted octanol–water partition coefficient (Wildman–Crippen LogP) is 4.75. The molecule has 30 heavy (non-hydrogen) atoms. The molecule has 146 valence electrons. The second kappa shape index (κ2) is 6.75. The maximum absolute atomic E-state index is 4.78. The number of benzene rings is 3. The molecule has 1 unspecified atom stereocenters. The highest BCUT2D eigenvalue weighted by molar-refractivity contribution is 5.80. The minimum atomic E-state index is 0.338. The minimum Gasteiger partial charge on any atom is -0.301 e. The molecule has 0 amide bonds. The average Bonchev–Trinajstić information content (AvgIpc) is 3.25. The van der Waals surface area contributed by atoms with Gasteiger partial charge in [0.15, 0.2) is 5.82 Å². The normalized spacial score (nSPS) is 16.8. The van der Waals surface area contributed by atoms with E-state index in [2.05, 4.69) is 63.5 Å². The Morgan fingerprint density at radius 2 is 1.90 bits per heavy atom. The maximum atomic E-state index is 4.78. The molecular weight excluding hydrogens is 370 g/mol. The van der Waals surface area contributed by atoms with Gasteiger partial charge in [0.1, 0.15) is 0 Å². The van der Waals surface area contributed by atoms with Gasteiger partial charge in [0.05, 0.1) is 17.2 Å². The van der Waals surface area contributed by atoms with Crippen molar-refractivity contribution in [1.29, 1.82) is 0 Å². The van der Waals surface area contributed by atoms with Crippen molar-refractivity contribution in [2.24, 2.45) is 0 Å². The van der Waals surface area contributed by atoms with Crippen molar-refractivity contribution in [3.05, 3.63) is 89.7 Å². The molecule has 5 aromatic rings. The van der Waals surface area contributed by atoms with Crippen LogP contribution in [0.3, 0.4) is 0 Å². The van der Waals surface area contributed by atoms with Crippen LogP contribution >= 0.6 is 0 Å². The fourth-order valence-electron chi connectivity index (χ4n) is 4.56. The minimum absolute atomic E-state index is 0.338. The number of nitrogens with zero attached hydrogens (tertiary/aromatic N) is 4. The molecule has 0 saturated carbocycles. The Labute approximate surface area is 174 Å². The Kier molecular flexibility index (Phi) is 3.89. The molecule has 0 bridgehead atoms. The van der Waals surface area contributed by atoms with Crippen LogP contribution in [0.4, 0.5) is 0 Å². The van der Waals surface area contributed by atoms with Crippen LogP contribution in [0.25, 0.3) is 33.2 Å². The summed E-state index contributed by atoms with van der Waals surface area (Å²) < 4.78 is 0. The fraction of sp³-hybridized carbons (Fsp3) is 0.160. The van der Waals surface area contributed by atoms with Crippen LogP contribution in [0.5, 0.6) is 0 Å². The molecule has 5 nitrogen and oxygen atoms in total. The molecule has 1 N–H and O–H groups in total. The third kappa shape index (κ3) is 2.86. The number of nitrogens with one attached hydrogen (secondary N) is 1. The molecule has 0 spiro atoms. The predicted molar refractivity (Wildman–Crippen MR) is 119 cm³/mol. The molecule has 0 fully saturated rings. The quantitative estimate of drug-likeness (QED) is 0.472. The number of likely N-dealkylation sites (N-methyl/N-ethyl adjacent to an activating group) is 1. The lowest BCUT2D eigenvalue weighted by atomic mass is 9.83. The van der Waals surface area contributed by atoms with Crippen LogP contribution in [0.1, 0.15) is 22.6 Å². The summed E-state index contributed by atoms with van der Waals surface area (Å²) in [5.74, 6) is 1.12. The number of para-hydroxylation sites is 1. The molecule has 0 radical (unpaired) electrons. The zero-order valence-corrected chi connectivity index (χ0v) is 16.7. The second-order valence-electron chi connectivity index (χ2n) is 8.13. The van der Waals surface area contributed by atoms with Gasteiger partial charge in [0, 0.05) is 41.5 Å². The number of aromatic nitrogens is 4.